The predicted octanol–water partition coefficient (Wildman–Crippen LogP) is 6.61. The number of ether oxygens (including phenoxy) is 3. The van der Waals surface area contributed by atoms with E-state index in [1.54, 1.807) is 49.6 Å². The Balaban J connectivity index is 1.70. The Morgan fingerprint density at radius 2 is 1.73 bits per heavy atom. The normalized spacial score (nSPS) is 10.8. The van der Waals surface area contributed by atoms with Crippen LogP contribution in [-0.4, -0.2) is 26.3 Å². The number of nitrogens with zero attached hydrogens (tertiary/aromatic N) is 1. The topological polar surface area (TPSA) is 69.2 Å². The summed E-state index contributed by atoms with van der Waals surface area (Å²) in [6, 6.07) is 13.7. The van der Waals surface area contributed by atoms with E-state index < -0.39 is 0 Å². The molecule has 3 aromatic rings. The molecule has 1 N–H and O–H groups in total. The van der Waals surface area contributed by atoms with Crippen LogP contribution in [-0.2, 0) is 6.61 Å². The van der Waals surface area contributed by atoms with Gasteiger partial charge in [-0.2, -0.15) is 5.10 Å². The van der Waals surface area contributed by atoms with Crippen molar-refractivity contribution >= 4 is 69.5 Å². The Kier molecular flexibility index (Phi) is 9.08. The van der Waals surface area contributed by atoms with Crippen molar-refractivity contribution in [3.8, 4) is 17.2 Å². The maximum absolute atomic E-state index is 12.4. The molecule has 0 atom stereocenters. The van der Waals surface area contributed by atoms with Crippen molar-refractivity contribution < 1.29 is 19.0 Å². The van der Waals surface area contributed by atoms with E-state index >= 15 is 0 Å². The van der Waals surface area contributed by atoms with Crippen LogP contribution in [0.1, 0.15) is 21.5 Å². The standard InChI is InChI=1S/C23H18Cl3IN2O4/c1-31-20-10-15(4-6-19(20)27)23(30)29-28-11-14-8-18(26)22(21(9-14)32-2)33-12-13-3-5-16(24)17(25)7-13/h3-11H,12H2,1-2H3,(H,29,30)/b28-11-. The summed E-state index contributed by atoms with van der Waals surface area (Å²) in [6.45, 7) is 0.218. The molecule has 1 amide bonds. The molecular formula is C23H18Cl3IN2O4. The fourth-order valence-corrected chi connectivity index (χ4v) is 3.92. The Bertz CT molecular complexity index is 1200. The average molecular weight is 620 g/mol. The molecule has 0 heterocycles. The lowest BCUT2D eigenvalue weighted by atomic mass is 10.2. The van der Waals surface area contributed by atoms with Gasteiger partial charge in [0, 0.05) is 5.56 Å². The minimum Gasteiger partial charge on any atom is -0.496 e. The zero-order valence-electron chi connectivity index (χ0n) is 17.5. The highest BCUT2D eigenvalue weighted by Crippen LogP contribution is 2.37. The summed E-state index contributed by atoms with van der Waals surface area (Å²) >= 11 is 20.5. The summed E-state index contributed by atoms with van der Waals surface area (Å²) in [5.41, 5.74) is 4.34. The first-order valence-corrected chi connectivity index (χ1v) is 11.6. The lowest BCUT2D eigenvalue weighted by Gasteiger charge is -2.13. The molecular weight excluding hydrogens is 602 g/mol. The van der Waals surface area contributed by atoms with Crippen LogP contribution >= 0.6 is 57.4 Å². The van der Waals surface area contributed by atoms with Gasteiger partial charge in [-0.1, -0.05) is 40.9 Å². The van der Waals surface area contributed by atoms with E-state index in [0.717, 1.165) is 9.13 Å². The van der Waals surface area contributed by atoms with Gasteiger partial charge in [0.1, 0.15) is 12.4 Å². The molecule has 0 aliphatic rings. The lowest BCUT2D eigenvalue weighted by Crippen LogP contribution is -2.17. The third kappa shape index (κ3) is 6.66. The summed E-state index contributed by atoms with van der Waals surface area (Å²) in [5, 5.41) is 5.23. The highest BCUT2D eigenvalue weighted by Gasteiger charge is 2.13. The average Bonchev–Trinajstić information content (AvgIpc) is 2.80. The number of benzene rings is 3. The SMILES string of the molecule is COc1cc(C(=O)N/N=C\c2cc(Cl)c(OCc3ccc(Cl)c(Cl)c3)c(OC)c2)ccc1I. The fraction of sp³-hybridized carbons (Fsp3) is 0.130. The quantitative estimate of drug-likeness (QED) is 0.175. The van der Waals surface area contributed by atoms with Gasteiger partial charge in [-0.25, -0.2) is 5.43 Å². The van der Waals surface area contributed by atoms with Crippen LogP contribution < -0.4 is 19.6 Å². The number of methoxy groups -OCH3 is 2. The van der Waals surface area contributed by atoms with Crippen LogP contribution in [0.15, 0.2) is 53.6 Å². The van der Waals surface area contributed by atoms with Gasteiger partial charge < -0.3 is 14.2 Å². The maximum Gasteiger partial charge on any atom is 0.271 e. The second kappa shape index (κ2) is 11.8. The molecule has 3 rings (SSSR count). The summed E-state index contributed by atoms with van der Waals surface area (Å²) in [5.74, 6) is 1.02. The van der Waals surface area contributed by atoms with E-state index in [-0.39, 0.29) is 12.5 Å². The van der Waals surface area contributed by atoms with Gasteiger partial charge >= 0.3 is 0 Å². The number of hydrogen-bond donors (Lipinski definition) is 1. The highest BCUT2D eigenvalue weighted by molar-refractivity contribution is 14.1. The molecule has 0 saturated heterocycles. The van der Waals surface area contributed by atoms with Gasteiger partial charge in [-0.05, 0) is 76.2 Å². The lowest BCUT2D eigenvalue weighted by molar-refractivity contribution is 0.0954. The third-order valence-corrected chi connectivity index (χ3v) is 6.32. The second-order valence-electron chi connectivity index (χ2n) is 6.62. The molecule has 0 aromatic heterocycles. The Morgan fingerprint density at radius 1 is 0.970 bits per heavy atom. The van der Waals surface area contributed by atoms with E-state index in [9.17, 15) is 4.79 Å². The molecule has 0 unspecified atom stereocenters. The zero-order chi connectivity index (χ0) is 24.0. The van der Waals surface area contributed by atoms with Gasteiger partial charge in [0.2, 0.25) is 0 Å². The Hall–Kier alpha value is -2.20. The number of hydrazone groups is 1. The van der Waals surface area contributed by atoms with Crippen molar-refractivity contribution in [3.63, 3.8) is 0 Å². The van der Waals surface area contributed by atoms with Crippen LogP contribution in [0, 0.1) is 3.57 Å². The number of hydrogen-bond acceptors (Lipinski definition) is 5. The van der Waals surface area contributed by atoms with Crippen LogP contribution in [0.4, 0.5) is 0 Å². The van der Waals surface area contributed by atoms with E-state index in [2.05, 4.69) is 33.1 Å². The van der Waals surface area contributed by atoms with E-state index in [4.69, 9.17) is 49.0 Å². The monoisotopic (exact) mass is 618 g/mol. The van der Waals surface area contributed by atoms with Gasteiger partial charge in [-0.3, -0.25) is 4.79 Å². The van der Waals surface area contributed by atoms with E-state index in [1.165, 1.54) is 13.3 Å². The molecule has 0 bridgehead atoms. The molecule has 6 nitrogen and oxygen atoms in total. The molecule has 0 aliphatic carbocycles. The zero-order valence-corrected chi connectivity index (χ0v) is 21.9. The molecule has 0 fully saturated rings. The van der Waals surface area contributed by atoms with Gasteiger partial charge in [0.25, 0.3) is 5.91 Å². The first kappa shape index (κ1) is 25.4. The summed E-state index contributed by atoms with van der Waals surface area (Å²) in [7, 11) is 3.05. The van der Waals surface area contributed by atoms with E-state index in [1.807, 2.05) is 6.07 Å². The van der Waals surface area contributed by atoms with Crippen LogP contribution in [0.5, 0.6) is 17.2 Å². The van der Waals surface area contributed by atoms with Gasteiger partial charge in [0.05, 0.1) is 39.1 Å². The minimum absolute atomic E-state index is 0.218. The molecule has 3 aromatic carbocycles. The van der Waals surface area contributed by atoms with Crippen molar-refractivity contribution in [2.75, 3.05) is 14.2 Å². The van der Waals surface area contributed by atoms with Crippen molar-refractivity contribution in [2.24, 2.45) is 5.10 Å². The molecule has 172 valence electrons. The van der Waals surface area contributed by atoms with Crippen molar-refractivity contribution in [1.82, 2.24) is 5.43 Å². The summed E-state index contributed by atoms with van der Waals surface area (Å²) < 4.78 is 17.4. The van der Waals surface area contributed by atoms with Crippen molar-refractivity contribution in [3.05, 3.63) is 83.9 Å². The molecule has 0 spiro atoms. The van der Waals surface area contributed by atoms with E-state index in [0.29, 0.717) is 43.4 Å². The molecule has 10 heteroatoms. The van der Waals surface area contributed by atoms with Gasteiger partial charge in [-0.15, -0.1) is 0 Å². The van der Waals surface area contributed by atoms with Gasteiger partial charge in [0.15, 0.2) is 11.5 Å². The molecule has 0 radical (unpaired) electrons. The van der Waals surface area contributed by atoms with Crippen LogP contribution in [0.3, 0.4) is 0 Å². The maximum atomic E-state index is 12.4. The first-order valence-electron chi connectivity index (χ1n) is 9.43. The number of halogens is 4. The molecule has 33 heavy (non-hydrogen) atoms. The van der Waals surface area contributed by atoms with Crippen LogP contribution in [0.2, 0.25) is 15.1 Å². The fourth-order valence-electron chi connectivity index (χ4n) is 2.77. The summed E-state index contributed by atoms with van der Waals surface area (Å²) in [6.07, 6.45) is 1.46. The predicted molar refractivity (Wildman–Crippen MR) is 140 cm³/mol. The minimum atomic E-state index is -0.374. The van der Waals surface area contributed by atoms with Crippen molar-refractivity contribution in [2.45, 2.75) is 6.61 Å². The first-order chi connectivity index (χ1) is 15.8. The van der Waals surface area contributed by atoms with Crippen LogP contribution in [0.25, 0.3) is 0 Å². The Morgan fingerprint density at radius 3 is 2.42 bits per heavy atom. The molecule has 0 saturated carbocycles. The van der Waals surface area contributed by atoms with Crippen molar-refractivity contribution in [1.29, 1.82) is 0 Å². The smallest absolute Gasteiger partial charge is 0.271 e. The number of nitrogens with one attached hydrogen (secondary N) is 1. The number of carbonyl (C=O) groups is 1. The number of amides is 1. The highest BCUT2D eigenvalue weighted by atomic mass is 127. The number of rotatable bonds is 8. The Labute approximate surface area is 219 Å². The number of carbonyl (C=O) groups excluding carboxylic acids is 1. The second-order valence-corrected chi connectivity index (χ2v) is 9.00. The molecule has 0 aliphatic heterocycles. The summed E-state index contributed by atoms with van der Waals surface area (Å²) in [4.78, 5) is 12.4. The third-order valence-electron chi connectivity index (χ3n) is 4.41. The largest absolute Gasteiger partial charge is 0.496 e.